The molecule has 0 bridgehead atoms. The molecular weight excluding hydrogens is 632 g/mol. The average Bonchev–Trinajstić information content (AvgIpc) is 2.83. The Morgan fingerprint density at radius 1 is 0.610 bits per heavy atom. The second kappa shape index (κ2) is 11.1. The molecule has 0 N–H and O–H groups in total. The van der Waals surface area contributed by atoms with Crippen LogP contribution in [0, 0.1) is 0 Å². The summed E-state index contributed by atoms with van der Waals surface area (Å²) in [5.41, 5.74) is -1.37. The van der Waals surface area contributed by atoms with E-state index in [-0.39, 0.29) is 28.0 Å². The van der Waals surface area contributed by atoms with Crippen molar-refractivity contribution >= 4 is 17.7 Å². The summed E-state index contributed by atoms with van der Waals surface area (Å²) in [7, 11) is 0. The van der Waals surface area contributed by atoms with Crippen molar-refractivity contribution in [3.05, 3.63) is 59.7 Å². The number of thioether (sulfide) groups is 1. The third-order valence-corrected chi connectivity index (χ3v) is 6.18. The van der Waals surface area contributed by atoms with Gasteiger partial charge in [0.05, 0.1) is 11.1 Å². The van der Waals surface area contributed by atoms with Crippen LogP contribution in [0.4, 0.5) is 70.2 Å². The van der Waals surface area contributed by atoms with Crippen molar-refractivity contribution in [3.8, 4) is 5.75 Å². The van der Waals surface area contributed by atoms with Crippen molar-refractivity contribution in [1.82, 2.24) is 0 Å². The molecule has 0 aromatic heterocycles. The molecule has 2 rings (SSSR count). The molecule has 0 heterocycles. The van der Waals surface area contributed by atoms with Crippen LogP contribution in [-0.2, 0) is 6.18 Å². The highest BCUT2D eigenvalue weighted by molar-refractivity contribution is 7.99. The highest BCUT2D eigenvalue weighted by atomic mass is 32.2. The molecule has 0 saturated carbocycles. The van der Waals surface area contributed by atoms with Crippen LogP contribution < -0.4 is 4.74 Å². The maximum Gasteiger partial charge on any atom is 0.460 e. The van der Waals surface area contributed by atoms with Gasteiger partial charge in [-0.25, -0.2) is 4.79 Å². The first-order valence-electron chi connectivity index (χ1n) is 10.4. The zero-order valence-corrected chi connectivity index (χ0v) is 20.1. The number of alkyl halides is 16. The quantitative estimate of drug-likeness (QED) is 0.112. The normalized spacial score (nSPS) is 14.2. The molecule has 0 spiro atoms. The maximum absolute atomic E-state index is 13.9. The average molecular weight is 644 g/mol. The van der Waals surface area contributed by atoms with Crippen molar-refractivity contribution in [2.45, 2.75) is 53.3 Å². The van der Waals surface area contributed by atoms with Crippen molar-refractivity contribution in [2.75, 3.05) is 5.75 Å². The lowest BCUT2D eigenvalue weighted by atomic mass is 9.93. The van der Waals surface area contributed by atoms with Crippen molar-refractivity contribution in [3.63, 3.8) is 0 Å². The third kappa shape index (κ3) is 6.63. The second-order valence-corrected chi connectivity index (χ2v) is 9.20. The molecule has 0 unspecified atom stereocenters. The van der Waals surface area contributed by atoms with E-state index in [1.807, 2.05) is 0 Å². The minimum absolute atomic E-state index is 0.112. The van der Waals surface area contributed by atoms with Gasteiger partial charge in [0.15, 0.2) is 0 Å². The molecule has 0 atom stereocenters. The fraction of sp³-hybridized carbons (Fsp3) is 0.409. The van der Waals surface area contributed by atoms with E-state index in [9.17, 15) is 75.0 Å². The largest absolute Gasteiger partial charge is 0.460 e. The lowest BCUT2D eigenvalue weighted by Crippen LogP contribution is -2.70. The number of ether oxygens (including phenoxy) is 1. The summed E-state index contributed by atoms with van der Waals surface area (Å²) >= 11 is 0.198. The van der Waals surface area contributed by atoms with E-state index < -0.39 is 65.7 Å². The molecule has 0 aliphatic carbocycles. The lowest BCUT2D eigenvalue weighted by molar-refractivity contribution is -0.439. The molecule has 0 fully saturated rings. The SMILES string of the molecule is O=C(Oc1ccc(SCCC(F)(F)C(F)(F)C(F)(F)C(F)(F)C(F)(F)C(F)(F)F)cc1)c1ccc(C(F)(F)F)cc1. The summed E-state index contributed by atoms with van der Waals surface area (Å²) < 4.78 is 213. The van der Waals surface area contributed by atoms with Gasteiger partial charge in [-0.3, -0.25) is 0 Å². The van der Waals surface area contributed by atoms with E-state index in [0.717, 1.165) is 36.4 Å². The number of rotatable bonds is 10. The van der Waals surface area contributed by atoms with Crippen molar-refractivity contribution < 1.29 is 79.8 Å². The minimum atomic E-state index is -7.97. The van der Waals surface area contributed by atoms with Gasteiger partial charge in [-0.15, -0.1) is 11.8 Å². The lowest BCUT2D eigenvalue weighted by Gasteiger charge is -2.39. The van der Waals surface area contributed by atoms with Gasteiger partial charge in [0, 0.05) is 17.1 Å². The van der Waals surface area contributed by atoms with Gasteiger partial charge in [-0.1, -0.05) is 0 Å². The van der Waals surface area contributed by atoms with Crippen molar-refractivity contribution in [2.24, 2.45) is 0 Å². The molecule has 19 heteroatoms. The molecule has 0 aliphatic rings. The number of benzene rings is 2. The molecular formula is C22H12F16O2S. The summed E-state index contributed by atoms with van der Waals surface area (Å²) in [6.07, 6.45) is -14.6. The highest BCUT2D eigenvalue weighted by Crippen LogP contribution is 2.60. The van der Waals surface area contributed by atoms with E-state index in [2.05, 4.69) is 0 Å². The number of carbonyl (C=O) groups excluding carboxylic acids is 1. The van der Waals surface area contributed by atoms with Gasteiger partial charge in [-0.2, -0.15) is 70.2 Å². The Bertz CT molecular complexity index is 1200. The van der Waals surface area contributed by atoms with Crippen LogP contribution >= 0.6 is 11.8 Å². The van der Waals surface area contributed by atoms with Crippen LogP contribution in [0.3, 0.4) is 0 Å². The Morgan fingerprint density at radius 2 is 1.07 bits per heavy atom. The summed E-state index contributed by atoms with van der Waals surface area (Å²) in [5.74, 6) is -39.9. The van der Waals surface area contributed by atoms with E-state index in [4.69, 9.17) is 4.74 Å². The highest BCUT2D eigenvalue weighted by Gasteiger charge is 2.90. The first-order chi connectivity index (χ1) is 18.3. The van der Waals surface area contributed by atoms with Gasteiger partial charge in [0.25, 0.3) is 0 Å². The number of esters is 1. The Hall–Kier alpha value is -2.86. The Balaban J connectivity index is 2.06. The van der Waals surface area contributed by atoms with Crippen LogP contribution in [0.5, 0.6) is 5.75 Å². The van der Waals surface area contributed by atoms with Crippen molar-refractivity contribution in [1.29, 1.82) is 0 Å². The zero-order chi connectivity index (χ0) is 31.9. The molecule has 2 nitrogen and oxygen atoms in total. The van der Waals surface area contributed by atoms with E-state index >= 15 is 0 Å². The maximum atomic E-state index is 13.9. The Kier molecular flexibility index (Phi) is 9.29. The molecule has 230 valence electrons. The minimum Gasteiger partial charge on any atom is -0.423 e. The van der Waals surface area contributed by atoms with Crippen LogP contribution in [0.1, 0.15) is 22.3 Å². The molecule has 41 heavy (non-hydrogen) atoms. The van der Waals surface area contributed by atoms with Gasteiger partial charge in [0.1, 0.15) is 5.75 Å². The van der Waals surface area contributed by atoms with E-state index in [1.165, 1.54) is 0 Å². The molecule has 0 saturated heterocycles. The van der Waals surface area contributed by atoms with E-state index in [1.54, 1.807) is 0 Å². The topological polar surface area (TPSA) is 26.3 Å². The molecule has 2 aromatic carbocycles. The third-order valence-electron chi connectivity index (χ3n) is 5.17. The zero-order valence-electron chi connectivity index (χ0n) is 19.3. The van der Waals surface area contributed by atoms with E-state index in [0.29, 0.717) is 12.1 Å². The summed E-state index contributed by atoms with van der Waals surface area (Å²) in [6.45, 7) is 0. The standard InChI is InChI=1S/C22H12F16O2S/c23-16(24,18(28,29)19(30,31)20(32,33)21(34,35)22(36,37)38)9-10-41-14-7-5-13(6-8-14)40-15(39)11-1-3-12(4-2-11)17(25,26)27/h1-8H,9-10H2. The molecule has 0 aliphatic heterocycles. The monoisotopic (exact) mass is 644 g/mol. The van der Waals surface area contributed by atoms with Gasteiger partial charge in [0.2, 0.25) is 0 Å². The molecule has 0 amide bonds. The molecule has 2 aromatic rings. The number of carbonyl (C=O) groups is 1. The van der Waals surface area contributed by atoms with Gasteiger partial charge < -0.3 is 4.74 Å². The summed E-state index contributed by atoms with van der Waals surface area (Å²) in [4.78, 5) is 11.9. The number of hydrogen-bond acceptors (Lipinski definition) is 3. The van der Waals surface area contributed by atoms with Crippen LogP contribution in [0.25, 0.3) is 0 Å². The summed E-state index contributed by atoms with van der Waals surface area (Å²) in [6, 6.07) is 6.72. The predicted octanol–water partition coefficient (Wildman–Crippen LogP) is 9.15. The smallest absolute Gasteiger partial charge is 0.423 e. The first-order valence-corrected chi connectivity index (χ1v) is 11.4. The Labute approximate surface area is 222 Å². The van der Waals surface area contributed by atoms with Gasteiger partial charge in [-0.05, 0) is 48.5 Å². The fourth-order valence-corrected chi connectivity index (χ4v) is 3.74. The van der Waals surface area contributed by atoms with Crippen LogP contribution in [-0.4, -0.2) is 47.5 Å². The first kappa shape index (κ1) is 34.3. The number of hydrogen-bond donors (Lipinski definition) is 0. The van der Waals surface area contributed by atoms with Crippen LogP contribution in [0.15, 0.2) is 53.4 Å². The molecule has 0 radical (unpaired) electrons. The predicted molar refractivity (Wildman–Crippen MR) is 109 cm³/mol. The fourth-order valence-electron chi connectivity index (χ4n) is 2.82. The van der Waals surface area contributed by atoms with Crippen LogP contribution in [0.2, 0.25) is 0 Å². The second-order valence-electron chi connectivity index (χ2n) is 8.03. The Morgan fingerprint density at radius 3 is 1.51 bits per heavy atom. The number of halogens is 16. The van der Waals surface area contributed by atoms with Gasteiger partial charge >= 0.3 is 47.9 Å². The summed E-state index contributed by atoms with van der Waals surface area (Å²) in [5, 5.41) is 0.